The van der Waals surface area contributed by atoms with Gasteiger partial charge < -0.3 is 14.8 Å². The number of rotatable bonds is 6. The molecular weight excluding hydrogens is 218 g/mol. The number of ether oxygens (including phenoxy) is 2. The highest BCUT2D eigenvalue weighted by Gasteiger charge is 2.10. The number of allylic oxidation sites excluding steroid dienone is 1. The molecule has 1 atom stereocenters. The Morgan fingerprint density at radius 1 is 1.65 bits per heavy atom. The zero-order chi connectivity index (χ0) is 11.9. The minimum Gasteiger partial charge on any atom is -0.497 e. The molecule has 5 heteroatoms. The first-order chi connectivity index (χ1) is 8.38. The maximum Gasteiger partial charge on any atom is 0.115 e. The number of hydrogen-bond acceptors (Lipinski definition) is 4. The van der Waals surface area contributed by atoms with Gasteiger partial charge in [0.25, 0.3) is 0 Å². The molecule has 0 spiro atoms. The van der Waals surface area contributed by atoms with Crippen molar-refractivity contribution in [3.8, 4) is 0 Å². The number of nitrogens with one attached hydrogen (secondary N) is 1. The largest absolute Gasteiger partial charge is 0.497 e. The summed E-state index contributed by atoms with van der Waals surface area (Å²) >= 11 is 0. The molecule has 2 heterocycles. The Morgan fingerprint density at radius 2 is 2.59 bits per heavy atom. The summed E-state index contributed by atoms with van der Waals surface area (Å²) < 4.78 is 12.4. The third-order valence-electron chi connectivity index (χ3n) is 2.71. The van der Waals surface area contributed by atoms with Gasteiger partial charge in [-0.2, -0.15) is 5.10 Å². The van der Waals surface area contributed by atoms with Crippen LogP contribution in [0.15, 0.2) is 24.7 Å². The van der Waals surface area contributed by atoms with E-state index in [2.05, 4.69) is 16.5 Å². The molecule has 1 aromatic heterocycles. The van der Waals surface area contributed by atoms with Gasteiger partial charge in [-0.05, 0) is 18.9 Å². The minimum atomic E-state index is 0.266. The van der Waals surface area contributed by atoms with Crippen LogP contribution in [0.3, 0.4) is 0 Å². The number of aromatic nitrogens is 2. The van der Waals surface area contributed by atoms with Gasteiger partial charge in [-0.25, -0.2) is 0 Å². The molecule has 1 aliphatic heterocycles. The van der Waals surface area contributed by atoms with Crippen molar-refractivity contribution in [1.29, 1.82) is 0 Å². The number of hydrogen-bond donors (Lipinski definition) is 1. The van der Waals surface area contributed by atoms with Crippen molar-refractivity contribution in [2.45, 2.75) is 25.5 Å². The van der Waals surface area contributed by atoms with Gasteiger partial charge in [0.05, 0.1) is 37.8 Å². The first-order valence-corrected chi connectivity index (χ1v) is 5.94. The maximum absolute atomic E-state index is 5.48. The third kappa shape index (κ3) is 3.78. The summed E-state index contributed by atoms with van der Waals surface area (Å²) in [7, 11) is 1.69. The molecule has 0 aromatic carbocycles. The Hall–Kier alpha value is -1.49. The highest BCUT2D eigenvalue weighted by molar-refractivity contribution is 5.38. The molecule has 5 nitrogen and oxygen atoms in total. The Balaban J connectivity index is 1.74. The van der Waals surface area contributed by atoms with Crippen molar-refractivity contribution >= 4 is 5.69 Å². The van der Waals surface area contributed by atoms with Crippen LogP contribution >= 0.6 is 0 Å². The molecule has 1 N–H and O–H groups in total. The van der Waals surface area contributed by atoms with E-state index in [9.17, 15) is 0 Å². The Labute approximate surface area is 101 Å². The molecule has 1 aromatic rings. The molecule has 1 unspecified atom stereocenters. The summed E-state index contributed by atoms with van der Waals surface area (Å²) in [4.78, 5) is 0. The second kappa shape index (κ2) is 6.30. The average Bonchev–Trinajstić information content (AvgIpc) is 2.83. The quantitative estimate of drug-likeness (QED) is 0.817. The van der Waals surface area contributed by atoms with Crippen LogP contribution in [-0.2, 0) is 16.0 Å². The van der Waals surface area contributed by atoms with E-state index >= 15 is 0 Å². The standard InChI is InChI=1S/C12H19N3O2/c1-16-7-5-15-10-11(8-14-15)13-9-12-4-2-3-6-17-12/h3,6,8,10,12-13H,2,4-5,7,9H2,1H3. The van der Waals surface area contributed by atoms with Gasteiger partial charge in [0.1, 0.15) is 6.10 Å². The number of nitrogens with zero attached hydrogens (tertiary/aromatic N) is 2. The van der Waals surface area contributed by atoms with Gasteiger partial charge in [0, 0.05) is 13.3 Å². The lowest BCUT2D eigenvalue weighted by atomic mass is 10.1. The van der Waals surface area contributed by atoms with Crippen molar-refractivity contribution in [2.75, 3.05) is 25.6 Å². The molecule has 0 aliphatic carbocycles. The summed E-state index contributed by atoms with van der Waals surface area (Å²) in [5.74, 6) is 0. The first kappa shape index (κ1) is 12.0. The van der Waals surface area contributed by atoms with Gasteiger partial charge in [0.2, 0.25) is 0 Å². The van der Waals surface area contributed by atoms with Gasteiger partial charge in [0.15, 0.2) is 0 Å². The van der Waals surface area contributed by atoms with E-state index in [0.717, 1.165) is 31.6 Å². The SMILES string of the molecule is COCCn1cc(NCC2CCC=CO2)cn1. The van der Waals surface area contributed by atoms with Gasteiger partial charge >= 0.3 is 0 Å². The fraction of sp³-hybridized carbons (Fsp3) is 0.583. The van der Waals surface area contributed by atoms with Crippen LogP contribution in [0.4, 0.5) is 5.69 Å². The third-order valence-corrected chi connectivity index (χ3v) is 2.71. The molecular formula is C12H19N3O2. The zero-order valence-corrected chi connectivity index (χ0v) is 10.1. The predicted molar refractivity (Wildman–Crippen MR) is 65.8 cm³/mol. The van der Waals surface area contributed by atoms with E-state index < -0.39 is 0 Å². The molecule has 17 heavy (non-hydrogen) atoms. The van der Waals surface area contributed by atoms with Crippen molar-refractivity contribution in [3.63, 3.8) is 0 Å². The van der Waals surface area contributed by atoms with Crippen molar-refractivity contribution in [1.82, 2.24) is 9.78 Å². The fourth-order valence-electron chi connectivity index (χ4n) is 1.73. The Bertz CT molecular complexity index is 362. The summed E-state index contributed by atoms with van der Waals surface area (Å²) in [6.07, 6.45) is 10.1. The van der Waals surface area contributed by atoms with Crippen LogP contribution in [0.25, 0.3) is 0 Å². The van der Waals surface area contributed by atoms with Crippen molar-refractivity contribution < 1.29 is 9.47 Å². The van der Waals surface area contributed by atoms with Crippen LogP contribution in [0.1, 0.15) is 12.8 Å². The summed E-state index contributed by atoms with van der Waals surface area (Å²) in [6.45, 7) is 2.28. The maximum atomic E-state index is 5.48. The molecule has 1 aliphatic rings. The predicted octanol–water partition coefficient (Wildman–Crippen LogP) is 1.63. The number of methoxy groups -OCH3 is 1. The highest BCUT2D eigenvalue weighted by atomic mass is 16.5. The smallest absolute Gasteiger partial charge is 0.115 e. The minimum absolute atomic E-state index is 0.266. The second-order valence-corrected chi connectivity index (χ2v) is 4.07. The highest BCUT2D eigenvalue weighted by Crippen LogP contribution is 2.12. The summed E-state index contributed by atoms with van der Waals surface area (Å²) in [5.41, 5.74) is 1.03. The van der Waals surface area contributed by atoms with Crippen LogP contribution in [0, 0.1) is 0 Å². The van der Waals surface area contributed by atoms with Crippen LogP contribution in [0.2, 0.25) is 0 Å². The van der Waals surface area contributed by atoms with E-state index in [0.29, 0.717) is 6.61 Å². The lowest BCUT2D eigenvalue weighted by Gasteiger charge is -2.19. The van der Waals surface area contributed by atoms with E-state index in [1.54, 1.807) is 13.4 Å². The molecule has 0 saturated carbocycles. The topological polar surface area (TPSA) is 48.3 Å². The summed E-state index contributed by atoms with van der Waals surface area (Å²) in [5, 5.41) is 7.56. The van der Waals surface area contributed by atoms with Crippen molar-refractivity contribution in [2.24, 2.45) is 0 Å². The monoisotopic (exact) mass is 237 g/mol. The normalized spacial score (nSPS) is 19.0. The average molecular weight is 237 g/mol. The van der Waals surface area contributed by atoms with Crippen molar-refractivity contribution in [3.05, 3.63) is 24.7 Å². The molecule has 94 valence electrons. The molecule has 0 amide bonds. The lowest BCUT2D eigenvalue weighted by Crippen LogP contribution is -2.22. The first-order valence-electron chi connectivity index (χ1n) is 5.94. The fourth-order valence-corrected chi connectivity index (χ4v) is 1.73. The second-order valence-electron chi connectivity index (χ2n) is 4.07. The number of anilines is 1. The summed E-state index contributed by atoms with van der Waals surface area (Å²) in [6, 6.07) is 0. The molecule has 0 bridgehead atoms. The molecule has 0 radical (unpaired) electrons. The molecule has 0 saturated heterocycles. The van der Waals surface area contributed by atoms with Gasteiger partial charge in [-0.1, -0.05) is 0 Å². The van der Waals surface area contributed by atoms with E-state index in [1.165, 1.54) is 0 Å². The van der Waals surface area contributed by atoms with E-state index in [1.807, 2.05) is 17.1 Å². The zero-order valence-electron chi connectivity index (χ0n) is 10.1. The van der Waals surface area contributed by atoms with Gasteiger partial charge in [-0.3, -0.25) is 4.68 Å². The van der Waals surface area contributed by atoms with E-state index in [4.69, 9.17) is 9.47 Å². The van der Waals surface area contributed by atoms with Crippen LogP contribution in [0.5, 0.6) is 0 Å². The van der Waals surface area contributed by atoms with Crippen LogP contribution < -0.4 is 5.32 Å². The lowest BCUT2D eigenvalue weighted by molar-refractivity contribution is 0.135. The Morgan fingerprint density at radius 3 is 3.35 bits per heavy atom. The molecule has 0 fully saturated rings. The Kier molecular flexibility index (Phi) is 4.44. The van der Waals surface area contributed by atoms with Gasteiger partial charge in [-0.15, -0.1) is 0 Å². The molecule has 2 rings (SSSR count). The van der Waals surface area contributed by atoms with E-state index in [-0.39, 0.29) is 6.10 Å². The van der Waals surface area contributed by atoms with Crippen LogP contribution in [-0.4, -0.2) is 36.1 Å².